The fourth-order valence-corrected chi connectivity index (χ4v) is 3.29. The molecule has 0 N–H and O–H groups in total. The molecular formula is C15H16F3I. The fraction of sp³-hybridized carbons (Fsp3) is 0.467. The molecule has 1 aliphatic rings. The molecule has 2 rings (SSSR count). The molecule has 0 aromatic heterocycles. The van der Waals surface area contributed by atoms with Crippen LogP contribution in [0.1, 0.15) is 43.2 Å². The normalized spacial score (nSPS) is 18.6. The van der Waals surface area contributed by atoms with Crippen LogP contribution >= 0.6 is 22.6 Å². The zero-order valence-corrected chi connectivity index (χ0v) is 12.7. The van der Waals surface area contributed by atoms with E-state index in [1.165, 1.54) is 32.1 Å². The SMILES string of the molecule is FC(F)(F)c1ccc(/C(I)=C/C2CCCCC2)cc1. The van der Waals surface area contributed by atoms with Crippen molar-refractivity contribution in [3.63, 3.8) is 0 Å². The number of halogens is 4. The van der Waals surface area contributed by atoms with Crippen LogP contribution in [0.2, 0.25) is 0 Å². The second-order valence-corrected chi connectivity index (χ2v) is 6.15. The second kappa shape index (κ2) is 6.29. The number of allylic oxidation sites excluding steroid dienone is 1. The number of benzene rings is 1. The molecule has 1 aromatic carbocycles. The zero-order chi connectivity index (χ0) is 13.9. The van der Waals surface area contributed by atoms with Gasteiger partial charge in [-0.2, -0.15) is 13.2 Å². The summed E-state index contributed by atoms with van der Waals surface area (Å²) in [5.74, 6) is 0.586. The standard InChI is InChI=1S/C15H16F3I/c16-15(17,18)13-8-6-12(7-9-13)14(19)10-11-4-2-1-3-5-11/h6-11H,1-5H2/b14-10-. The van der Waals surface area contributed by atoms with Gasteiger partial charge in [0.1, 0.15) is 0 Å². The van der Waals surface area contributed by atoms with Crippen LogP contribution in [-0.4, -0.2) is 0 Å². The molecule has 0 aliphatic heterocycles. The first-order valence-corrected chi connectivity index (χ1v) is 7.59. The van der Waals surface area contributed by atoms with Crippen molar-refractivity contribution >= 4 is 26.2 Å². The summed E-state index contributed by atoms with van der Waals surface area (Å²) in [6.07, 6.45) is 4.19. The summed E-state index contributed by atoms with van der Waals surface area (Å²) in [7, 11) is 0. The number of rotatable bonds is 2. The lowest BCUT2D eigenvalue weighted by Crippen LogP contribution is -2.04. The Kier molecular flexibility index (Phi) is 4.92. The maximum absolute atomic E-state index is 12.5. The summed E-state index contributed by atoms with van der Waals surface area (Å²) in [6.45, 7) is 0. The van der Waals surface area contributed by atoms with Crippen LogP contribution in [0.3, 0.4) is 0 Å². The van der Waals surface area contributed by atoms with Crippen LogP contribution in [0.5, 0.6) is 0 Å². The van der Waals surface area contributed by atoms with Gasteiger partial charge in [0, 0.05) is 3.58 Å². The Morgan fingerprint density at radius 2 is 1.63 bits per heavy atom. The van der Waals surface area contributed by atoms with E-state index in [4.69, 9.17) is 0 Å². The fourth-order valence-electron chi connectivity index (χ4n) is 2.42. The minimum Gasteiger partial charge on any atom is -0.166 e. The average molecular weight is 380 g/mol. The van der Waals surface area contributed by atoms with Gasteiger partial charge in [-0.25, -0.2) is 0 Å². The van der Waals surface area contributed by atoms with E-state index in [0.29, 0.717) is 5.92 Å². The second-order valence-electron chi connectivity index (χ2n) is 4.99. The predicted octanol–water partition coefficient (Wildman–Crippen LogP) is 6.06. The van der Waals surface area contributed by atoms with Gasteiger partial charge in [0.05, 0.1) is 5.56 Å². The molecule has 0 saturated heterocycles. The molecule has 0 nitrogen and oxygen atoms in total. The van der Waals surface area contributed by atoms with Crippen molar-refractivity contribution in [2.75, 3.05) is 0 Å². The van der Waals surface area contributed by atoms with Crippen molar-refractivity contribution < 1.29 is 13.2 Å². The molecule has 0 radical (unpaired) electrons. The molecule has 1 aliphatic carbocycles. The lowest BCUT2D eigenvalue weighted by molar-refractivity contribution is -0.137. The van der Waals surface area contributed by atoms with E-state index in [9.17, 15) is 13.2 Å². The molecule has 0 amide bonds. The maximum Gasteiger partial charge on any atom is 0.416 e. The smallest absolute Gasteiger partial charge is 0.166 e. The summed E-state index contributed by atoms with van der Waals surface area (Å²) in [4.78, 5) is 0. The van der Waals surface area contributed by atoms with Crippen molar-refractivity contribution in [3.05, 3.63) is 41.5 Å². The molecule has 1 fully saturated rings. The topological polar surface area (TPSA) is 0 Å². The van der Waals surface area contributed by atoms with Crippen molar-refractivity contribution in [3.8, 4) is 0 Å². The van der Waals surface area contributed by atoms with Gasteiger partial charge in [-0.05, 0) is 59.0 Å². The molecule has 0 unspecified atom stereocenters. The summed E-state index contributed by atoms with van der Waals surface area (Å²) >= 11 is 2.22. The lowest BCUT2D eigenvalue weighted by Gasteiger charge is -2.18. The number of alkyl halides is 3. The highest BCUT2D eigenvalue weighted by Crippen LogP contribution is 2.33. The molecule has 0 heterocycles. The van der Waals surface area contributed by atoms with E-state index >= 15 is 0 Å². The summed E-state index contributed by atoms with van der Waals surface area (Å²) < 4.78 is 38.5. The lowest BCUT2D eigenvalue weighted by atomic mass is 9.89. The van der Waals surface area contributed by atoms with Crippen molar-refractivity contribution in [1.82, 2.24) is 0 Å². The molecule has 0 atom stereocenters. The largest absolute Gasteiger partial charge is 0.416 e. The minimum atomic E-state index is -4.25. The quantitative estimate of drug-likeness (QED) is 0.547. The van der Waals surface area contributed by atoms with Crippen LogP contribution in [-0.2, 0) is 6.18 Å². The van der Waals surface area contributed by atoms with E-state index < -0.39 is 11.7 Å². The molecule has 4 heteroatoms. The van der Waals surface area contributed by atoms with E-state index in [-0.39, 0.29) is 0 Å². The van der Waals surface area contributed by atoms with Crippen LogP contribution in [0.15, 0.2) is 30.3 Å². The zero-order valence-electron chi connectivity index (χ0n) is 10.5. The van der Waals surface area contributed by atoms with Gasteiger partial charge in [-0.3, -0.25) is 0 Å². The van der Waals surface area contributed by atoms with E-state index in [1.54, 1.807) is 12.1 Å². The van der Waals surface area contributed by atoms with E-state index in [1.807, 2.05) is 0 Å². The van der Waals surface area contributed by atoms with Crippen LogP contribution in [0.25, 0.3) is 3.58 Å². The van der Waals surface area contributed by atoms with Gasteiger partial charge in [0.2, 0.25) is 0 Å². The summed E-state index contributed by atoms with van der Waals surface area (Å²) in [5, 5.41) is 0. The third-order valence-corrected chi connectivity index (χ3v) is 4.50. The first-order valence-electron chi connectivity index (χ1n) is 6.52. The Morgan fingerprint density at radius 1 is 1.05 bits per heavy atom. The molecule has 1 aromatic rings. The minimum absolute atomic E-state index is 0.585. The Morgan fingerprint density at radius 3 is 2.16 bits per heavy atom. The van der Waals surface area contributed by atoms with Crippen molar-refractivity contribution in [2.24, 2.45) is 5.92 Å². The van der Waals surface area contributed by atoms with Gasteiger partial charge >= 0.3 is 6.18 Å². The maximum atomic E-state index is 12.5. The van der Waals surface area contributed by atoms with Crippen molar-refractivity contribution in [2.45, 2.75) is 38.3 Å². The highest BCUT2D eigenvalue weighted by molar-refractivity contribution is 14.1. The number of hydrogen-bond acceptors (Lipinski definition) is 0. The molecule has 1 saturated carbocycles. The molecular weight excluding hydrogens is 364 g/mol. The van der Waals surface area contributed by atoms with Gasteiger partial charge in [0.15, 0.2) is 0 Å². The summed E-state index contributed by atoms with van der Waals surface area (Å²) in [6, 6.07) is 5.43. The van der Waals surface area contributed by atoms with Gasteiger partial charge in [0.25, 0.3) is 0 Å². The Labute approximate surface area is 125 Å². The Hall–Kier alpha value is -0.520. The van der Waals surface area contributed by atoms with Crippen LogP contribution < -0.4 is 0 Å². The van der Waals surface area contributed by atoms with Crippen molar-refractivity contribution in [1.29, 1.82) is 0 Å². The monoisotopic (exact) mass is 380 g/mol. The van der Waals surface area contributed by atoms with Crippen LogP contribution in [0.4, 0.5) is 13.2 Å². The van der Waals surface area contributed by atoms with Gasteiger partial charge in [-0.15, -0.1) is 0 Å². The number of hydrogen-bond donors (Lipinski definition) is 0. The third-order valence-electron chi connectivity index (χ3n) is 3.52. The highest BCUT2D eigenvalue weighted by Gasteiger charge is 2.30. The van der Waals surface area contributed by atoms with Gasteiger partial charge < -0.3 is 0 Å². The van der Waals surface area contributed by atoms with Gasteiger partial charge in [-0.1, -0.05) is 37.5 Å². The average Bonchev–Trinajstić information content (AvgIpc) is 2.39. The van der Waals surface area contributed by atoms with E-state index in [0.717, 1.165) is 21.3 Å². The first-order chi connectivity index (χ1) is 8.97. The molecule has 104 valence electrons. The van der Waals surface area contributed by atoms with Crippen LogP contribution in [0, 0.1) is 5.92 Å². The highest BCUT2D eigenvalue weighted by atomic mass is 127. The third kappa shape index (κ3) is 4.23. The Bertz CT molecular complexity index is 439. The molecule has 0 spiro atoms. The summed E-state index contributed by atoms with van der Waals surface area (Å²) in [5.41, 5.74) is 0.289. The first kappa shape index (κ1) is 14.9. The predicted molar refractivity (Wildman–Crippen MR) is 80.0 cm³/mol. The van der Waals surface area contributed by atoms with E-state index in [2.05, 4.69) is 28.7 Å². The Balaban J connectivity index is 2.10. The molecule has 0 bridgehead atoms. The molecule has 19 heavy (non-hydrogen) atoms.